The standard InChI is InChI=1S/C18H16F3NO6S/c1-27-14-7-5-11(6-8-14)16(23)15-9-12(17(24)28-2)3-4-13(15)10-22-29(25,26)18(19,20)21/h3-9,22H,10H2,1-2H3. The smallest absolute Gasteiger partial charge is 0.497 e. The van der Waals surface area contributed by atoms with E-state index in [4.69, 9.17) is 4.74 Å². The number of ketones is 1. The molecule has 0 spiro atoms. The second-order valence-corrected chi connectivity index (χ2v) is 7.45. The number of halogens is 3. The molecule has 156 valence electrons. The molecule has 0 aliphatic rings. The number of ether oxygens (including phenoxy) is 2. The highest BCUT2D eigenvalue weighted by Crippen LogP contribution is 2.24. The van der Waals surface area contributed by atoms with Crippen LogP contribution in [0.3, 0.4) is 0 Å². The van der Waals surface area contributed by atoms with E-state index >= 15 is 0 Å². The first-order chi connectivity index (χ1) is 13.5. The van der Waals surface area contributed by atoms with Gasteiger partial charge in [-0.3, -0.25) is 4.79 Å². The minimum absolute atomic E-state index is 0.0215. The highest BCUT2D eigenvalue weighted by Gasteiger charge is 2.45. The van der Waals surface area contributed by atoms with Gasteiger partial charge in [-0.25, -0.2) is 17.9 Å². The average molecular weight is 431 g/mol. The lowest BCUT2D eigenvalue weighted by Gasteiger charge is -2.13. The van der Waals surface area contributed by atoms with Crippen LogP contribution in [0, 0.1) is 0 Å². The molecule has 1 N–H and O–H groups in total. The first kappa shape index (κ1) is 22.4. The number of alkyl halides is 3. The number of rotatable bonds is 7. The lowest BCUT2D eigenvalue weighted by Crippen LogP contribution is -2.36. The van der Waals surface area contributed by atoms with Crippen molar-refractivity contribution in [3.05, 3.63) is 64.7 Å². The van der Waals surface area contributed by atoms with Gasteiger partial charge in [0.2, 0.25) is 0 Å². The minimum atomic E-state index is -5.61. The van der Waals surface area contributed by atoms with Crippen molar-refractivity contribution in [2.75, 3.05) is 14.2 Å². The van der Waals surface area contributed by atoms with Gasteiger partial charge < -0.3 is 9.47 Å². The normalized spacial score (nSPS) is 11.8. The number of sulfonamides is 1. The number of esters is 1. The largest absolute Gasteiger partial charge is 0.511 e. The molecule has 0 unspecified atom stereocenters. The number of hydrogen-bond donors (Lipinski definition) is 1. The van der Waals surface area contributed by atoms with Crippen LogP contribution in [0.1, 0.15) is 31.8 Å². The Bertz CT molecular complexity index is 1020. The van der Waals surface area contributed by atoms with E-state index in [1.165, 1.54) is 48.2 Å². The van der Waals surface area contributed by atoms with Crippen molar-refractivity contribution in [1.29, 1.82) is 0 Å². The molecule has 2 aromatic rings. The van der Waals surface area contributed by atoms with Crippen molar-refractivity contribution in [2.45, 2.75) is 12.1 Å². The number of hydrogen-bond acceptors (Lipinski definition) is 6. The molecule has 0 saturated heterocycles. The zero-order valence-corrected chi connectivity index (χ0v) is 16.1. The van der Waals surface area contributed by atoms with Crippen LogP contribution in [0.25, 0.3) is 0 Å². The summed E-state index contributed by atoms with van der Waals surface area (Å²) < 4.78 is 71.2. The lowest BCUT2D eigenvalue weighted by molar-refractivity contribution is -0.0448. The molecule has 0 saturated carbocycles. The molecule has 0 radical (unpaired) electrons. The van der Waals surface area contributed by atoms with Crippen LogP contribution < -0.4 is 9.46 Å². The van der Waals surface area contributed by atoms with Gasteiger partial charge in [0.15, 0.2) is 5.78 Å². The predicted octanol–water partition coefficient (Wildman–Crippen LogP) is 2.65. The van der Waals surface area contributed by atoms with Gasteiger partial charge in [-0.2, -0.15) is 13.2 Å². The molecule has 0 aliphatic carbocycles. The van der Waals surface area contributed by atoms with Crippen molar-refractivity contribution in [2.24, 2.45) is 0 Å². The summed E-state index contributed by atoms with van der Waals surface area (Å²) in [6.07, 6.45) is 0. The van der Waals surface area contributed by atoms with Gasteiger partial charge in [0.05, 0.1) is 19.8 Å². The number of nitrogens with one attached hydrogen (secondary N) is 1. The van der Waals surface area contributed by atoms with Gasteiger partial charge >= 0.3 is 21.5 Å². The van der Waals surface area contributed by atoms with E-state index in [9.17, 15) is 31.2 Å². The molecule has 0 atom stereocenters. The molecule has 7 nitrogen and oxygen atoms in total. The van der Waals surface area contributed by atoms with Crippen LogP contribution in [-0.2, 0) is 21.3 Å². The maximum absolute atomic E-state index is 12.9. The molecular weight excluding hydrogens is 415 g/mol. The van der Waals surface area contributed by atoms with Crippen LogP contribution >= 0.6 is 0 Å². The number of benzene rings is 2. The Labute approximate surface area is 164 Å². The van der Waals surface area contributed by atoms with Crippen LogP contribution in [0.2, 0.25) is 0 Å². The summed E-state index contributed by atoms with van der Waals surface area (Å²) in [5.74, 6) is -0.918. The third-order valence-electron chi connectivity index (χ3n) is 3.89. The van der Waals surface area contributed by atoms with Gasteiger partial charge in [-0.05, 0) is 42.0 Å². The van der Waals surface area contributed by atoms with Crippen LogP contribution in [0.5, 0.6) is 5.75 Å². The average Bonchev–Trinajstić information content (AvgIpc) is 2.70. The fourth-order valence-corrected chi connectivity index (χ4v) is 2.85. The Morgan fingerprint density at radius 3 is 2.10 bits per heavy atom. The van der Waals surface area contributed by atoms with Gasteiger partial charge in [0.1, 0.15) is 5.75 Å². The first-order valence-electron chi connectivity index (χ1n) is 7.96. The lowest BCUT2D eigenvalue weighted by atomic mass is 9.96. The van der Waals surface area contributed by atoms with Crippen LogP contribution in [0.15, 0.2) is 42.5 Å². The Balaban J connectivity index is 2.45. The molecule has 11 heteroatoms. The van der Waals surface area contributed by atoms with Crippen molar-refractivity contribution in [1.82, 2.24) is 4.72 Å². The molecule has 0 aromatic heterocycles. The summed E-state index contributed by atoms with van der Waals surface area (Å²) in [5, 5.41) is 0. The van der Waals surface area contributed by atoms with Crippen molar-refractivity contribution >= 4 is 21.8 Å². The SMILES string of the molecule is COC(=O)c1ccc(CNS(=O)(=O)C(F)(F)F)c(C(=O)c2ccc(OC)cc2)c1. The molecule has 0 aliphatic heterocycles. The van der Waals surface area contributed by atoms with Crippen molar-refractivity contribution < 1.29 is 40.7 Å². The third kappa shape index (κ3) is 5.12. The highest BCUT2D eigenvalue weighted by atomic mass is 32.2. The van der Waals surface area contributed by atoms with E-state index in [0.29, 0.717) is 5.75 Å². The van der Waals surface area contributed by atoms with E-state index < -0.39 is 33.8 Å². The summed E-state index contributed by atoms with van der Waals surface area (Å²) in [7, 11) is -3.06. The van der Waals surface area contributed by atoms with Gasteiger partial charge in [-0.15, -0.1) is 0 Å². The van der Waals surface area contributed by atoms with Crippen LogP contribution in [0.4, 0.5) is 13.2 Å². The van der Waals surface area contributed by atoms with E-state index in [1.54, 1.807) is 0 Å². The molecule has 0 fully saturated rings. The van der Waals surface area contributed by atoms with Crippen molar-refractivity contribution in [3.8, 4) is 5.75 Å². The summed E-state index contributed by atoms with van der Waals surface area (Å²) in [4.78, 5) is 24.6. The number of methoxy groups -OCH3 is 2. The zero-order valence-electron chi connectivity index (χ0n) is 15.2. The number of carbonyl (C=O) groups is 2. The quantitative estimate of drug-likeness (QED) is 0.535. The fourth-order valence-electron chi connectivity index (χ4n) is 2.34. The van der Waals surface area contributed by atoms with Crippen molar-refractivity contribution in [3.63, 3.8) is 0 Å². The Kier molecular flexibility index (Phi) is 6.65. The molecule has 29 heavy (non-hydrogen) atoms. The summed E-state index contributed by atoms with van der Waals surface area (Å²) in [6.45, 7) is -0.805. The minimum Gasteiger partial charge on any atom is -0.497 e. The zero-order chi connectivity index (χ0) is 21.8. The highest BCUT2D eigenvalue weighted by molar-refractivity contribution is 7.90. The molecular formula is C18H16F3NO6S. The van der Waals surface area contributed by atoms with Crippen LogP contribution in [-0.4, -0.2) is 39.9 Å². The summed E-state index contributed by atoms with van der Waals surface area (Å²) in [5.41, 5.74) is -5.56. The molecule has 0 amide bonds. The predicted molar refractivity (Wildman–Crippen MR) is 96.0 cm³/mol. The Hall–Kier alpha value is -2.92. The summed E-state index contributed by atoms with van der Waals surface area (Å²) >= 11 is 0. The fraction of sp³-hybridized carbons (Fsp3) is 0.222. The van der Waals surface area contributed by atoms with E-state index in [1.807, 2.05) is 0 Å². The van der Waals surface area contributed by atoms with Gasteiger partial charge in [0, 0.05) is 17.7 Å². The van der Waals surface area contributed by atoms with E-state index in [2.05, 4.69) is 4.74 Å². The van der Waals surface area contributed by atoms with E-state index in [-0.39, 0.29) is 22.3 Å². The topological polar surface area (TPSA) is 98.8 Å². The van der Waals surface area contributed by atoms with Gasteiger partial charge in [0.25, 0.3) is 0 Å². The monoisotopic (exact) mass is 431 g/mol. The van der Waals surface area contributed by atoms with Gasteiger partial charge in [-0.1, -0.05) is 6.07 Å². The Morgan fingerprint density at radius 1 is 1.00 bits per heavy atom. The number of carbonyl (C=O) groups excluding carboxylic acids is 2. The Morgan fingerprint density at radius 2 is 1.59 bits per heavy atom. The van der Waals surface area contributed by atoms with E-state index in [0.717, 1.165) is 13.2 Å². The molecule has 0 heterocycles. The third-order valence-corrected chi connectivity index (χ3v) is 5.02. The maximum atomic E-state index is 12.9. The molecule has 2 aromatic carbocycles. The molecule has 0 bridgehead atoms. The maximum Gasteiger partial charge on any atom is 0.511 e. The second kappa shape index (κ2) is 8.62. The first-order valence-corrected chi connectivity index (χ1v) is 9.44. The molecule has 2 rings (SSSR count). The summed E-state index contributed by atoms with van der Waals surface area (Å²) in [6, 6.07) is 9.39. The second-order valence-electron chi connectivity index (χ2n) is 5.69.